The van der Waals surface area contributed by atoms with E-state index in [0.717, 1.165) is 19.5 Å². The molecule has 1 unspecified atom stereocenters. The fourth-order valence-corrected chi connectivity index (χ4v) is 1.35. The molecule has 3 heteroatoms. The van der Waals surface area contributed by atoms with Crippen LogP contribution in [0.15, 0.2) is 0 Å². The van der Waals surface area contributed by atoms with Crippen LogP contribution in [0.5, 0.6) is 0 Å². The zero-order chi connectivity index (χ0) is 8.16. The van der Waals surface area contributed by atoms with E-state index in [2.05, 4.69) is 17.6 Å². The molecule has 0 aromatic carbocycles. The molecular formula is C8H17FN2. The van der Waals surface area contributed by atoms with Gasteiger partial charge in [-0.3, -0.25) is 0 Å². The lowest BCUT2D eigenvalue weighted by atomic mass is 10.1. The molecule has 0 saturated carbocycles. The van der Waals surface area contributed by atoms with Crippen LogP contribution >= 0.6 is 0 Å². The van der Waals surface area contributed by atoms with E-state index >= 15 is 0 Å². The minimum absolute atomic E-state index is 0.508. The average molecular weight is 160 g/mol. The Hall–Kier alpha value is -0.150. The van der Waals surface area contributed by atoms with Gasteiger partial charge in [-0.2, -0.15) is 0 Å². The number of hydrogen-bond acceptors (Lipinski definition) is 2. The Labute approximate surface area is 67.6 Å². The zero-order valence-electron chi connectivity index (χ0n) is 7.12. The normalized spacial score (nSPS) is 31.1. The molecule has 2 N–H and O–H groups in total. The van der Waals surface area contributed by atoms with E-state index in [1.807, 2.05) is 0 Å². The first-order chi connectivity index (χ1) is 5.27. The summed E-state index contributed by atoms with van der Waals surface area (Å²) in [7, 11) is 0. The van der Waals surface area contributed by atoms with Crippen molar-refractivity contribution in [2.75, 3.05) is 26.2 Å². The van der Waals surface area contributed by atoms with E-state index in [4.69, 9.17) is 0 Å². The molecule has 66 valence electrons. The van der Waals surface area contributed by atoms with Crippen LogP contribution in [0.3, 0.4) is 0 Å². The smallest absolute Gasteiger partial charge is 0.136 e. The lowest BCUT2D eigenvalue weighted by Gasteiger charge is -2.18. The fraction of sp³-hybridized carbons (Fsp3) is 1.00. The van der Waals surface area contributed by atoms with Crippen molar-refractivity contribution in [3.05, 3.63) is 0 Å². The molecule has 0 bridgehead atoms. The summed E-state index contributed by atoms with van der Waals surface area (Å²) in [6.45, 7) is 4.86. The summed E-state index contributed by atoms with van der Waals surface area (Å²) in [5.74, 6) is 0. The first kappa shape index (κ1) is 8.94. The lowest BCUT2D eigenvalue weighted by molar-refractivity contribution is 0.185. The molecule has 0 aromatic heterocycles. The van der Waals surface area contributed by atoms with Gasteiger partial charge in [-0.05, 0) is 25.9 Å². The Morgan fingerprint density at radius 1 is 1.64 bits per heavy atom. The van der Waals surface area contributed by atoms with Gasteiger partial charge in [-0.15, -0.1) is 0 Å². The topological polar surface area (TPSA) is 24.1 Å². The predicted molar refractivity (Wildman–Crippen MR) is 44.5 cm³/mol. The highest BCUT2D eigenvalue weighted by atomic mass is 19.1. The summed E-state index contributed by atoms with van der Waals surface area (Å²) in [5, 5.41) is 6.13. The molecule has 1 heterocycles. The number of nitrogens with one attached hydrogen (secondary N) is 2. The van der Waals surface area contributed by atoms with Crippen molar-refractivity contribution in [2.45, 2.75) is 25.4 Å². The van der Waals surface area contributed by atoms with Crippen molar-refractivity contribution >= 4 is 0 Å². The van der Waals surface area contributed by atoms with Gasteiger partial charge in [0.05, 0.1) is 0 Å². The Morgan fingerprint density at radius 3 is 3.00 bits per heavy atom. The largest absolute Gasteiger partial charge is 0.314 e. The van der Waals surface area contributed by atoms with Crippen molar-refractivity contribution in [1.29, 1.82) is 0 Å². The minimum Gasteiger partial charge on any atom is -0.314 e. The van der Waals surface area contributed by atoms with Crippen molar-refractivity contribution in [1.82, 2.24) is 10.6 Å². The van der Waals surface area contributed by atoms with Crippen molar-refractivity contribution < 1.29 is 4.39 Å². The number of hydrogen-bond donors (Lipinski definition) is 2. The molecule has 1 atom stereocenters. The van der Waals surface area contributed by atoms with E-state index in [1.165, 1.54) is 0 Å². The van der Waals surface area contributed by atoms with Gasteiger partial charge in [0.1, 0.15) is 5.67 Å². The summed E-state index contributed by atoms with van der Waals surface area (Å²) >= 11 is 0. The van der Waals surface area contributed by atoms with Crippen LogP contribution < -0.4 is 10.6 Å². The molecule has 1 aliphatic heterocycles. The van der Waals surface area contributed by atoms with Crippen LogP contribution in [0, 0.1) is 0 Å². The van der Waals surface area contributed by atoms with Gasteiger partial charge >= 0.3 is 0 Å². The third-order valence-corrected chi connectivity index (χ3v) is 2.06. The number of rotatable bonds is 4. The molecule has 1 rings (SSSR count). The van der Waals surface area contributed by atoms with E-state index in [-0.39, 0.29) is 0 Å². The maximum Gasteiger partial charge on any atom is 0.136 e. The second kappa shape index (κ2) is 4.02. The van der Waals surface area contributed by atoms with Gasteiger partial charge in [-0.1, -0.05) is 6.92 Å². The second-order valence-corrected chi connectivity index (χ2v) is 3.25. The highest BCUT2D eigenvalue weighted by Crippen LogP contribution is 2.17. The minimum atomic E-state index is -0.977. The van der Waals surface area contributed by atoms with Crippen LogP contribution in [-0.2, 0) is 0 Å². The van der Waals surface area contributed by atoms with Crippen molar-refractivity contribution in [3.8, 4) is 0 Å². The lowest BCUT2D eigenvalue weighted by Crippen LogP contribution is -2.38. The van der Waals surface area contributed by atoms with Gasteiger partial charge in [0.25, 0.3) is 0 Å². The second-order valence-electron chi connectivity index (χ2n) is 3.25. The molecule has 1 fully saturated rings. The molecule has 0 radical (unpaired) electrons. The third kappa shape index (κ3) is 2.75. The zero-order valence-corrected chi connectivity index (χ0v) is 7.12. The third-order valence-electron chi connectivity index (χ3n) is 2.06. The van der Waals surface area contributed by atoms with Crippen molar-refractivity contribution in [3.63, 3.8) is 0 Å². The summed E-state index contributed by atoms with van der Waals surface area (Å²) < 4.78 is 13.5. The quantitative estimate of drug-likeness (QED) is 0.591. The number of halogens is 1. The van der Waals surface area contributed by atoms with Crippen LogP contribution in [0.2, 0.25) is 0 Å². The molecule has 0 spiro atoms. The summed E-state index contributed by atoms with van der Waals surface area (Å²) in [5.41, 5.74) is -0.977. The van der Waals surface area contributed by atoms with Crippen molar-refractivity contribution in [2.24, 2.45) is 0 Å². The Balaban J connectivity index is 2.13. The molecule has 0 amide bonds. The summed E-state index contributed by atoms with van der Waals surface area (Å²) in [6.07, 6.45) is 1.73. The Kier molecular flexibility index (Phi) is 3.27. The van der Waals surface area contributed by atoms with E-state index < -0.39 is 5.67 Å². The van der Waals surface area contributed by atoms with E-state index in [9.17, 15) is 4.39 Å². The SMILES string of the molecule is CCCNCC1(F)CCNC1. The molecule has 1 saturated heterocycles. The fourth-order valence-electron chi connectivity index (χ4n) is 1.35. The highest BCUT2D eigenvalue weighted by Gasteiger charge is 2.32. The summed E-state index contributed by atoms with van der Waals surface area (Å²) in [6, 6.07) is 0. The maximum atomic E-state index is 13.5. The van der Waals surface area contributed by atoms with Gasteiger partial charge < -0.3 is 10.6 Å². The van der Waals surface area contributed by atoms with Gasteiger partial charge in [-0.25, -0.2) is 4.39 Å². The first-order valence-corrected chi connectivity index (χ1v) is 4.37. The molecule has 11 heavy (non-hydrogen) atoms. The van der Waals surface area contributed by atoms with Crippen LogP contribution in [0.1, 0.15) is 19.8 Å². The van der Waals surface area contributed by atoms with E-state index in [1.54, 1.807) is 0 Å². The Morgan fingerprint density at radius 2 is 2.45 bits per heavy atom. The molecular weight excluding hydrogens is 143 g/mol. The average Bonchev–Trinajstić information content (AvgIpc) is 2.38. The maximum absolute atomic E-state index is 13.5. The molecule has 1 aliphatic rings. The van der Waals surface area contributed by atoms with Gasteiger partial charge in [0, 0.05) is 13.1 Å². The standard InChI is InChI=1S/C8H17FN2/c1-2-4-10-6-8(9)3-5-11-7-8/h10-11H,2-7H2,1H3. The molecule has 0 aromatic rings. The van der Waals surface area contributed by atoms with Crippen LogP contribution in [-0.4, -0.2) is 31.8 Å². The molecule has 0 aliphatic carbocycles. The van der Waals surface area contributed by atoms with E-state index in [0.29, 0.717) is 19.5 Å². The molecule has 2 nitrogen and oxygen atoms in total. The van der Waals surface area contributed by atoms with Crippen LogP contribution in [0.4, 0.5) is 4.39 Å². The first-order valence-electron chi connectivity index (χ1n) is 4.37. The monoisotopic (exact) mass is 160 g/mol. The van der Waals surface area contributed by atoms with Gasteiger partial charge in [0.2, 0.25) is 0 Å². The highest BCUT2D eigenvalue weighted by molar-refractivity contribution is 4.89. The predicted octanol–water partition coefficient (Wildman–Crippen LogP) is 0.688. The summed E-state index contributed by atoms with van der Waals surface area (Å²) in [4.78, 5) is 0. The Bertz CT molecular complexity index is 111. The van der Waals surface area contributed by atoms with Crippen LogP contribution in [0.25, 0.3) is 0 Å². The number of alkyl halides is 1. The van der Waals surface area contributed by atoms with Gasteiger partial charge in [0.15, 0.2) is 0 Å².